The fraction of sp³-hybridized carbons (Fsp3) is 0.0526. The van der Waals surface area contributed by atoms with E-state index < -0.39 is 5.63 Å². The van der Waals surface area contributed by atoms with Gasteiger partial charge in [-0.15, -0.1) is 0 Å². The van der Waals surface area contributed by atoms with Crippen LogP contribution in [0.15, 0.2) is 68.3 Å². The van der Waals surface area contributed by atoms with Gasteiger partial charge in [0, 0.05) is 20.9 Å². The van der Waals surface area contributed by atoms with Crippen molar-refractivity contribution in [3.05, 3.63) is 80.7 Å². The third-order valence-electron chi connectivity index (χ3n) is 4.02. The van der Waals surface area contributed by atoms with Crippen LogP contribution in [0.2, 0.25) is 0 Å². The standard InChI is InChI=1S/C19H12BrNO3/c1-11-8-12-4-2-3-5-16(12)21(11)18(22)15-10-13-9-14(20)6-7-17(13)24-19(15)23/h2-10H,1H3. The van der Waals surface area contributed by atoms with E-state index in [9.17, 15) is 9.59 Å². The van der Waals surface area contributed by atoms with Gasteiger partial charge < -0.3 is 4.42 Å². The first-order valence-electron chi connectivity index (χ1n) is 7.40. The Hall–Kier alpha value is -2.66. The summed E-state index contributed by atoms with van der Waals surface area (Å²) in [6.07, 6.45) is 0. The highest BCUT2D eigenvalue weighted by Crippen LogP contribution is 2.22. The summed E-state index contributed by atoms with van der Waals surface area (Å²) in [5, 5.41) is 1.65. The van der Waals surface area contributed by atoms with E-state index in [1.54, 1.807) is 22.8 Å². The number of halogens is 1. The number of carbonyl (C=O) groups excluding carboxylic acids is 1. The maximum absolute atomic E-state index is 13.0. The molecule has 2 heterocycles. The molecule has 2 aromatic carbocycles. The van der Waals surface area contributed by atoms with Crippen LogP contribution in [0.3, 0.4) is 0 Å². The van der Waals surface area contributed by atoms with Crippen molar-refractivity contribution in [1.29, 1.82) is 0 Å². The van der Waals surface area contributed by atoms with Crippen molar-refractivity contribution in [2.75, 3.05) is 0 Å². The van der Waals surface area contributed by atoms with Gasteiger partial charge in [-0.05, 0) is 43.3 Å². The highest BCUT2D eigenvalue weighted by Gasteiger charge is 2.19. The van der Waals surface area contributed by atoms with Crippen LogP contribution >= 0.6 is 15.9 Å². The topological polar surface area (TPSA) is 52.2 Å². The Bertz CT molecular complexity index is 1170. The van der Waals surface area contributed by atoms with Gasteiger partial charge in [0.1, 0.15) is 11.1 Å². The SMILES string of the molecule is Cc1cc2ccccc2n1C(=O)c1cc2cc(Br)ccc2oc1=O. The molecule has 118 valence electrons. The van der Waals surface area contributed by atoms with E-state index in [2.05, 4.69) is 15.9 Å². The lowest BCUT2D eigenvalue weighted by atomic mass is 10.1. The fourth-order valence-electron chi connectivity index (χ4n) is 2.93. The van der Waals surface area contributed by atoms with Crippen molar-refractivity contribution in [3.8, 4) is 0 Å². The van der Waals surface area contributed by atoms with Gasteiger partial charge in [0.2, 0.25) is 0 Å². The third-order valence-corrected chi connectivity index (χ3v) is 4.52. The second-order valence-corrected chi connectivity index (χ2v) is 6.53. The number of carbonyl (C=O) groups is 1. The number of fused-ring (bicyclic) bond motifs is 2. The molecule has 24 heavy (non-hydrogen) atoms. The summed E-state index contributed by atoms with van der Waals surface area (Å²) < 4.78 is 7.71. The molecule has 0 radical (unpaired) electrons. The largest absolute Gasteiger partial charge is 0.422 e. The van der Waals surface area contributed by atoms with Gasteiger partial charge in [0.25, 0.3) is 5.91 Å². The normalized spacial score (nSPS) is 11.2. The number of hydrogen-bond donors (Lipinski definition) is 0. The van der Waals surface area contributed by atoms with Crippen molar-refractivity contribution < 1.29 is 9.21 Å². The first-order chi connectivity index (χ1) is 11.5. The number of rotatable bonds is 1. The van der Waals surface area contributed by atoms with E-state index >= 15 is 0 Å². The van der Waals surface area contributed by atoms with Crippen molar-refractivity contribution >= 4 is 43.7 Å². The van der Waals surface area contributed by atoms with Crippen LogP contribution in [-0.4, -0.2) is 10.5 Å². The number of benzene rings is 2. The van der Waals surface area contributed by atoms with Crippen LogP contribution < -0.4 is 5.63 Å². The summed E-state index contributed by atoms with van der Waals surface area (Å²) in [6, 6.07) is 16.4. The number of nitrogens with zero attached hydrogens (tertiary/aromatic N) is 1. The third kappa shape index (κ3) is 2.29. The van der Waals surface area contributed by atoms with Gasteiger partial charge in [-0.25, -0.2) is 4.79 Å². The predicted molar refractivity (Wildman–Crippen MR) is 96.6 cm³/mol. The van der Waals surface area contributed by atoms with E-state index in [1.807, 2.05) is 43.3 Å². The Morgan fingerprint density at radius 3 is 2.67 bits per heavy atom. The minimum absolute atomic E-state index is 0.0186. The minimum atomic E-state index is -0.632. The molecule has 0 amide bonds. The van der Waals surface area contributed by atoms with Gasteiger partial charge in [0.05, 0.1) is 5.52 Å². The zero-order chi connectivity index (χ0) is 16.8. The number of para-hydroxylation sites is 1. The van der Waals surface area contributed by atoms with E-state index in [0.717, 1.165) is 21.1 Å². The molecule has 0 unspecified atom stereocenters. The minimum Gasteiger partial charge on any atom is -0.422 e. The van der Waals surface area contributed by atoms with Crippen LogP contribution in [0.4, 0.5) is 0 Å². The van der Waals surface area contributed by atoms with Crippen molar-refractivity contribution in [1.82, 2.24) is 4.57 Å². The van der Waals surface area contributed by atoms with Crippen LogP contribution in [-0.2, 0) is 0 Å². The summed E-state index contributed by atoms with van der Waals surface area (Å²) >= 11 is 3.39. The zero-order valence-electron chi connectivity index (χ0n) is 12.7. The van der Waals surface area contributed by atoms with Crippen LogP contribution in [0.25, 0.3) is 21.9 Å². The average Bonchev–Trinajstić information content (AvgIpc) is 2.89. The molecule has 4 nitrogen and oxygen atoms in total. The molecule has 0 spiro atoms. The summed E-state index contributed by atoms with van der Waals surface area (Å²) in [5.74, 6) is -0.385. The maximum Gasteiger partial charge on any atom is 0.349 e. The molecule has 0 aliphatic rings. The van der Waals surface area contributed by atoms with Gasteiger partial charge in [-0.3, -0.25) is 9.36 Å². The molecule has 5 heteroatoms. The van der Waals surface area contributed by atoms with E-state index in [0.29, 0.717) is 11.0 Å². The maximum atomic E-state index is 13.0. The monoisotopic (exact) mass is 381 g/mol. The molecular weight excluding hydrogens is 370 g/mol. The van der Waals surface area contributed by atoms with Gasteiger partial charge in [-0.1, -0.05) is 34.1 Å². The molecule has 0 fully saturated rings. The number of aromatic nitrogens is 1. The van der Waals surface area contributed by atoms with E-state index in [1.165, 1.54) is 0 Å². The summed E-state index contributed by atoms with van der Waals surface area (Å²) in [7, 11) is 0. The molecule has 0 saturated heterocycles. The Kier molecular flexibility index (Phi) is 3.39. The summed E-state index contributed by atoms with van der Waals surface area (Å²) in [4.78, 5) is 25.3. The Balaban J connectivity index is 1.96. The predicted octanol–water partition coefficient (Wildman–Crippen LogP) is 4.51. The molecule has 0 aliphatic heterocycles. The summed E-state index contributed by atoms with van der Waals surface area (Å²) in [5.41, 5.74) is 1.38. The first kappa shape index (κ1) is 14.9. The van der Waals surface area contributed by atoms with Crippen LogP contribution in [0.5, 0.6) is 0 Å². The Labute approximate surface area is 145 Å². The average molecular weight is 382 g/mol. The Morgan fingerprint density at radius 1 is 1.04 bits per heavy atom. The molecule has 0 bridgehead atoms. The lowest BCUT2D eigenvalue weighted by molar-refractivity contribution is 0.0959. The van der Waals surface area contributed by atoms with E-state index in [4.69, 9.17) is 4.42 Å². The summed E-state index contributed by atoms with van der Waals surface area (Å²) in [6.45, 7) is 1.84. The van der Waals surface area contributed by atoms with E-state index in [-0.39, 0.29) is 11.5 Å². The smallest absolute Gasteiger partial charge is 0.349 e. The van der Waals surface area contributed by atoms with Gasteiger partial charge in [-0.2, -0.15) is 0 Å². The van der Waals surface area contributed by atoms with Crippen LogP contribution in [0.1, 0.15) is 16.1 Å². The molecule has 4 aromatic rings. The zero-order valence-corrected chi connectivity index (χ0v) is 14.3. The quantitative estimate of drug-likeness (QED) is 0.456. The fourth-order valence-corrected chi connectivity index (χ4v) is 3.31. The van der Waals surface area contributed by atoms with Crippen LogP contribution in [0, 0.1) is 6.92 Å². The molecule has 0 aliphatic carbocycles. The molecule has 4 rings (SSSR count). The molecule has 0 N–H and O–H groups in total. The number of aryl methyl sites for hydroxylation is 1. The molecule has 2 aromatic heterocycles. The first-order valence-corrected chi connectivity index (χ1v) is 8.19. The van der Waals surface area contributed by atoms with Gasteiger partial charge in [0.15, 0.2) is 0 Å². The van der Waals surface area contributed by atoms with Crippen molar-refractivity contribution in [2.24, 2.45) is 0 Å². The second kappa shape index (κ2) is 5.46. The molecular formula is C19H12BrNO3. The lowest BCUT2D eigenvalue weighted by Gasteiger charge is -2.07. The van der Waals surface area contributed by atoms with Gasteiger partial charge >= 0.3 is 5.63 Å². The lowest BCUT2D eigenvalue weighted by Crippen LogP contribution is -2.21. The van der Waals surface area contributed by atoms with Crippen molar-refractivity contribution in [3.63, 3.8) is 0 Å². The van der Waals surface area contributed by atoms with Crippen molar-refractivity contribution in [2.45, 2.75) is 6.92 Å². The second-order valence-electron chi connectivity index (χ2n) is 5.61. The molecule has 0 saturated carbocycles. The number of hydrogen-bond acceptors (Lipinski definition) is 3. The highest BCUT2D eigenvalue weighted by molar-refractivity contribution is 9.10. The Morgan fingerprint density at radius 2 is 1.83 bits per heavy atom. The molecule has 0 atom stereocenters. The highest BCUT2D eigenvalue weighted by atomic mass is 79.9.